The van der Waals surface area contributed by atoms with Crippen molar-refractivity contribution >= 4 is 28.9 Å². The number of aryl methyl sites for hydroxylation is 1. The van der Waals surface area contributed by atoms with E-state index in [1.165, 1.54) is 13.8 Å². The van der Waals surface area contributed by atoms with E-state index < -0.39 is 29.0 Å². The zero-order valence-electron chi connectivity index (χ0n) is 17.0. The van der Waals surface area contributed by atoms with Gasteiger partial charge in [0.1, 0.15) is 6.04 Å². The molecule has 0 saturated carbocycles. The maximum atomic E-state index is 12.3. The number of carbonyl (C=O) groups is 3. The lowest BCUT2D eigenvalue weighted by Crippen LogP contribution is -2.43. The van der Waals surface area contributed by atoms with Crippen LogP contribution in [-0.4, -0.2) is 73.3 Å². The van der Waals surface area contributed by atoms with Crippen LogP contribution in [0.4, 0.5) is 4.79 Å². The van der Waals surface area contributed by atoms with Crippen molar-refractivity contribution in [1.82, 2.24) is 10.2 Å². The van der Waals surface area contributed by atoms with Crippen LogP contribution in [0.1, 0.15) is 24.9 Å². The highest BCUT2D eigenvalue weighted by atomic mass is 32.2. The number of rotatable bonds is 10. The fourth-order valence-corrected chi connectivity index (χ4v) is 3.29. The highest BCUT2D eigenvalue weighted by Crippen LogP contribution is 2.13. The lowest BCUT2D eigenvalue weighted by molar-refractivity contribution is -0.147. The molecule has 2 rings (SSSR count). The third-order valence-electron chi connectivity index (χ3n) is 4.15. The van der Waals surface area contributed by atoms with Crippen molar-refractivity contribution in [3.05, 3.63) is 22.1 Å². The first kappa shape index (κ1) is 24.0. The number of morpholine rings is 1. The van der Waals surface area contributed by atoms with Gasteiger partial charge in [-0.1, -0.05) is 0 Å². The van der Waals surface area contributed by atoms with Gasteiger partial charge < -0.3 is 28.4 Å². The Kier molecular flexibility index (Phi) is 9.91. The van der Waals surface area contributed by atoms with Gasteiger partial charge in [-0.15, -0.1) is 0 Å². The lowest BCUT2D eigenvalue weighted by Gasteiger charge is -2.26. The van der Waals surface area contributed by atoms with E-state index >= 15 is 0 Å². The van der Waals surface area contributed by atoms with Crippen LogP contribution >= 0.6 is 11.8 Å². The summed E-state index contributed by atoms with van der Waals surface area (Å²) in [5.74, 6) is -1.66. The van der Waals surface area contributed by atoms with Crippen molar-refractivity contribution in [3.63, 3.8) is 0 Å². The Hall–Kier alpha value is -2.31. The van der Waals surface area contributed by atoms with Crippen LogP contribution in [0.3, 0.4) is 0 Å². The second-order valence-electron chi connectivity index (χ2n) is 6.51. The van der Waals surface area contributed by atoms with Crippen molar-refractivity contribution in [2.45, 2.75) is 32.9 Å². The zero-order chi connectivity index (χ0) is 21.9. The molecule has 1 aliphatic heterocycles. The van der Waals surface area contributed by atoms with Crippen LogP contribution < -0.4 is 11.1 Å². The molecule has 0 radical (unpaired) electrons. The highest BCUT2D eigenvalue weighted by molar-refractivity contribution is 8.13. The van der Waals surface area contributed by atoms with Crippen LogP contribution in [0.2, 0.25) is 0 Å². The number of hydrogen-bond acceptors (Lipinski definition) is 11. The first-order valence-corrected chi connectivity index (χ1v) is 10.5. The molecular formula is C18H26N2O9S. The summed E-state index contributed by atoms with van der Waals surface area (Å²) < 4.78 is 24.9. The minimum Gasteiger partial charge on any atom is -0.464 e. The Balaban J connectivity index is 1.71. The van der Waals surface area contributed by atoms with Gasteiger partial charge in [-0.25, -0.2) is 14.4 Å². The Morgan fingerprint density at radius 2 is 1.93 bits per heavy atom. The molecule has 1 fully saturated rings. The van der Waals surface area contributed by atoms with E-state index in [9.17, 15) is 19.2 Å². The molecule has 12 heteroatoms. The number of thioether (sulfide) groups is 1. The molecule has 168 valence electrons. The van der Waals surface area contributed by atoms with Crippen molar-refractivity contribution in [1.29, 1.82) is 0 Å². The molecule has 0 bridgehead atoms. The molecule has 1 aromatic heterocycles. The summed E-state index contributed by atoms with van der Waals surface area (Å²) in [6, 6.07) is -0.989. The third-order valence-corrected chi connectivity index (χ3v) is 5.01. The van der Waals surface area contributed by atoms with E-state index in [-0.39, 0.29) is 30.5 Å². The summed E-state index contributed by atoms with van der Waals surface area (Å²) in [7, 11) is 0. The van der Waals surface area contributed by atoms with Crippen LogP contribution in [0.25, 0.3) is 0 Å². The zero-order valence-corrected chi connectivity index (χ0v) is 17.8. The quantitative estimate of drug-likeness (QED) is 0.401. The van der Waals surface area contributed by atoms with Gasteiger partial charge in [0.25, 0.3) is 0 Å². The average molecular weight is 446 g/mol. The first-order valence-electron chi connectivity index (χ1n) is 9.48. The third kappa shape index (κ3) is 8.59. The van der Waals surface area contributed by atoms with Crippen LogP contribution in [0.5, 0.6) is 0 Å². The second-order valence-corrected chi connectivity index (χ2v) is 7.47. The monoisotopic (exact) mass is 446 g/mol. The molecular weight excluding hydrogens is 420 g/mol. The summed E-state index contributed by atoms with van der Waals surface area (Å²) >= 11 is 0.699. The van der Waals surface area contributed by atoms with Gasteiger partial charge in [-0.3, -0.25) is 9.69 Å². The topological polar surface area (TPSA) is 138 Å². The SMILES string of the molecule is CC(=O)N[C@@H](CSC(=O)OCc1oc(=O)oc1C)C(=O)OCCCN1CCOCC1. The summed E-state index contributed by atoms with van der Waals surface area (Å²) in [5, 5.41) is 1.77. The molecule has 1 amide bonds. The van der Waals surface area contributed by atoms with Gasteiger partial charge in [0.15, 0.2) is 18.1 Å². The van der Waals surface area contributed by atoms with Crippen molar-refractivity contribution < 1.29 is 37.4 Å². The number of carbonyl (C=O) groups excluding carboxylic acids is 3. The maximum absolute atomic E-state index is 12.3. The molecule has 2 heterocycles. The molecule has 1 aromatic rings. The molecule has 0 spiro atoms. The van der Waals surface area contributed by atoms with Gasteiger partial charge in [0.2, 0.25) is 5.91 Å². The summed E-state index contributed by atoms with van der Waals surface area (Å²) in [4.78, 5) is 48.7. The largest absolute Gasteiger partial charge is 0.519 e. The molecule has 1 saturated heterocycles. The van der Waals surface area contributed by atoms with Gasteiger partial charge in [0, 0.05) is 32.3 Å². The number of nitrogens with one attached hydrogen (secondary N) is 1. The predicted octanol–water partition coefficient (Wildman–Crippen LogP) is 0.681. The molecule has 0 unspecified atom stereocenters. The smallest absolute Gasteiger partial charge is 0.464 e. The minimum absolute atomic E-state index is 0.0605. The maximum Gasteiger partial charge on any atom is 0.519 e. The summed E-state index contributed by atoms with van der Waals surface area (Å²) in [6.07, 6.45) is 0.656. The number of esters is 1. The van der Waals surface area contributed by atoms with Gasteiger partial charge in [-0.05, 0) is 25.1 Å². The number of hydrogen-bond donors (Lipinski definition) is 1. The minimum atomic E-state index is -0.989. The first-order chi connectivity index (χ1) is 14.3. The predicted molar refractivity (Wildman–Crippen MR) is 105 cm³/mol. The molecule has 1 atom stereocenters. The molecule has 0 aliphatic carbocycles. The Bertz CT molecular complexity index is 770. The number of amides is 1. The van der Waals surface area contributed by atoms with Crippen LogP contribution in [0, 0.1) is 6.92 Å². The Morgan fingerprint density at radius 1 is 1.20 bits per heavy atom. The molecule has 1 aliphatic rings. The number of nitrogens with zero attached hydrogens (tertiary/aromatic N) is 1. The van der Waals surface area contributed by atoms with Crippen molar-refractivity contribution in [2.75, 3.05) is 45.2 Å². The van der Waals surface area contributed by atoms with Crippen LogP contribution in [0.15, 0.2) is 13.6 Å². The normalized spacial score (nSPS) is 15.4. The second kappa shape index (κ2) is 12.4. The summed E-state index contributed by atoms with van der Waals surface area (Å²) in [5.41, 5.74) is 0. The standard InChI is InChI=1S/C18H26N2O9S/c1-12-15(29-17(23)28-12)10-27-18(24)30-11-14(19-13(2)21)16(22)26-7-3-4-20-5-8-25-9-6-20/h14H,3-11H2,1-2H3,(H,19,21)/t14-/m0/s1. The van der Waals surface area contributed by atoms with E-state index in [1.54, 1.807) is 0 Å². The molecule has 11 nitrogen and oxygen atoms in total. The molecule has 1 N–H and O–H groups in total. The molecule has 0 aromatic carbocycles. The number of ether oxygens (including phenoxy) is 3. The fourth-order valence-electron chi connectivity index (χ4n) is 2.62. The highest BCUT2D eigenvalue weighted by Gasteiger charge is 2.23. The van der Waals surface area contributed by atoms with E-state index in [0.29, 0.717) is 31.4 Å². The fraction of sp³-hybridized carbons (Fsp3) is 0.667. The van der Waals surface area contributed by atoms with Crippen molar-refractivity contribution in [2.24, 2.45) is 0 Å². The van der Waals surface area contributed by atoms with Gasteiger partial charge >= 0.3 is 17.1 Å². The average Bonchev–Trinajstić information content (AvgIpc) is 3.04. The van der Waals surface area contributed by atoms with Gasteiger partial charge in [-0.2, -0.15) is 0 Å². The van der Waals surface area contributed by atoms with Gasteiger partial charge in [0.05, 0.1) is 19.8 Å². The van der Waals surface area contributed by atoms with E-state index in [2.05, 4.69) is 14.6 Å². The van der Waals surface area contributed by atoms with Crippen molar-refractivity contribution in [3.8, 4) is 0 Å². The van der Waals surface area contributed by atoms with E-state index in [0.717, 1.165) is 19.6 Å². The Labute approximate surface area is 177 Å². The van der Waals surface area contributed by atoms with E-state index in [4.69, 9.17) is 18.6 Å². The Morgan fingerprint density at radius 3 is 2.57 bits per heavy atom. The summed E-state index contributed by atoms with van der Waals surface area (Å²) in [6.45, 7) is 6.58. The molecule has 30 heavy (non-hydrogen) atoms. The van der Waals surface area contributed by atoms with E-state index in [1.807, 2.05) is 0 Å². The lowest BCUT2D eigenvalue weighted by atomic mass is 10.3. The van der Waals surface area contributed by atoms with Crippen LogP contribution in [-0.2, 0) is 30.4 Å².